The van der Waals surface area contributed by atoms with Crippen molar-refractivity contribution < 1.29 is 9.90 Å². The molecule has 1 aromatic rings. The third-order valence-corrected chi connectivity index (χ3v) is 0.942. The highest BCUT2D eigenvalue weighted by Crippen LogP contribution is 1.88. The van der Waals surface area contributed by atoms with Crippen LogP contribution in [0.4, 0.5) is 0 Å². The predicted octanol–water partition coefficient (Wildman–Crippen LogP) is -1.23. The molecule has 0 atom stereocenters. The maximum atomic E-state index is 9.99. The third kappa shape index (κ3) is 1.81. The van der Waals surface area contributed by atoms with E-state index in [1.165, 1.54) is 18.6 Å². The number of hydrogen-bond acceptors (Lipinski definition) is 4. The van der Waals surface area contributed by atoms with Gasteiger partial charge >= 0.3 is 0 Å². The minimum atomic E-state index is -1.14. The van der Waals surface area contributed by atoms with E-state index in [4.69, 9.17) is 0 Å². The highest BCUT2D eigenvalue weighted by molar-refractivity contribution is 5.66. The topological polar surface area (TPSA) is 65.9 Å². The van der Waals surface area contributed by atoms with E-state index < -0.39 is 5.97 Å². The van der Waals surface area contributed by atoms with E-state index in [9.17, 15) is 9.90 Å². The second-order valence-electron chi connectivity index (χ2n) is 1.75. The predicted molar refractivity (Wildman–Crippen MR) is 30.7 cm³/mol. The molecule has 1 aromatic heterocycles. The van der Waals surface area contributed by atoms with Gasteiger partial charge in [0, 0.05) is 31.0 Å². The van der Waals surface area contributed by atoms with Crippen LogP contribution in [0.3, 0.4) is 0 Å². The minimum Gasteiger partial charge on any atom is -0.550 e. The van der Waals surface area contributed by atoms with Crippen LogP contribution >= 0.6 is 0 Å². The van der Waals surface area contributed by atoms with E-state index in [2.05, 4.69) is 9.97 Å². The molecule has 1 heterocycles. The zero-order chi connectivity index (χ0) is 7.40. The SMILES string of the molecule is O=C([O-])Cc1cnccn1. The summed E-state index contributed by atoms with van der Waals surface area (Å²) in [7, 11) is 0. The van der Waals surface area contributed by atoms with Crippen LogP contribution in [0, 0.1) is 0 Å². The summed E-state index contributed by atoms with van der Waals surface area (Å²) in [6.07, 6.45) is 4.15. The fourth-order valence-electron chi connectivity index (χ4n) is 0.569. The zero-order valence-corrected chi connectivity index (χ0v) is 5.15. The van der Waals surface area contributed by atoms with Crippen LogP contribution in [0.15, 0.2) is 18.6 Å². The minimum absolute atomic E-state index is 0.173. The second kappa shape index (κ2) is 2.91. The summed E-state index contributed by atoms with van der Waals surface area (Å²) in [6.45, 7) is 0. The molecule has 1 rings (SSSR count). The van der Waals surface area contributed by atoms with Crippen molar-refractivity contribution in [2.75, 3.05) is 0 Å². The molecule has 0 radical (unpaired) electrons. The van der Waals surface area contributed by atoms with E-state index in [1.807, 2.05) is 0 Å². The molecule has 0 aliphatic carbocycles. The number of nitrogens with zero attached hydrogens (tertiary/aromatic N) is 2. The van der Waals surface area contributed by atoms with Gasteiger partial charge in [0.15, 0.2) is 0 Å². The summed E-state index contributed by atoms with van der Waals surface area (Å²) in [4.78, 5) is 17.4. The summed E-state index contributed by atoms with van der Waals surface area (Å²) in [5.41, 5.74) is 0.419. The number of carboxylic acids is 1. The van der Waals surface area contributed by atoms with Gasteiger partial charge in [-0.2, -0.15) is 0 Å². The Labute approximate surface area is 57.6 Å². The Morgan fingerprint density at radius 3 is 2.90 bits per heavy atom. The number of hydrogen-bond donors (Lipinski definition) is 0. The summed E-state index contributed by atoms with van der Waals surface area (Å²) >= 11 is 0. The molecular weight excluding hydrogens is 132 g/mol. The standard InChI is InChI=1S/C6H6N2O2/c9-6(10)3-5-4-7-1-2-8-5/h1-2,4H,3H2,(H,9,10)/p-1. The van der Waals surface area contributed by atoms with Gasteiger partial charge in [-0.15, -0.1) is 0 Å². The molecule has 0 N–H and O–H groups in total. The Morgan fingerprint density at radius 2 is 2.40 bits per heavy atom. The van der Waals surface area contributed by atoms with E-state index in [-0.39, 0.29) is 6.42 Å². The molecule has 0 amide bonds. The number of rotatable bonds is 2. The molecule has 4 nitrogen and oxygen atoms in total. The number of aliphatic carboxylic acids is 1. The van der Waals surface area contributed by atoms with E-state index >= 15 is 0 Å². The van der Waals surface area contributed by atoms with E-state index in [0.29, 0.717) is 5.69 Å². The molecule has 0 saturated carbocycles. The fourth-order valence-corrected chi connectivity index (χ4v) is 0.569. The smallest absolute Gasteiger partial charge is 0.0642 e. The summed E-state index contributed by atoms with van der Waals surface area (Å²) < 4.78 is 0. The first-order valence-electron chi connectivity index (χ1n) is 2.74. The van der Waals surface area contributed by atoms with Crippen molar-refractivity contribution in [2.45, 2.75) is 6.42 Å². The molecule has 10 heavy (non-hydrogen) atoms. The molecule has 0 unspecified atom stereocenters. The van der Waals surface area contributed by atoms with Crippen LogP contribution < -0.4 is 5.11 Å². The molecule has 0 aliphatic rings. The van der Waals surface area contributed by atoms with Crippen molar-refractivity contribution in [3.63, 3.8) is 0 Å². The monoisotopic (exact) mass is 137 g/mol. The van der Waals surface area contributed by atoms with Gasteiger partial charge < -0.3 is 9.90 Å². The first-order chi connectivity index (χ1) is 4.79. The van der Waals surface area contributed by atoms with Gasteiger partial charge in [-0.3, -0.25) is 9.97 Å². The molecule has 52 valence electrons. The maximum Gasteiger partial charge on any atom is 0.0642 e. The molecule has 0 spiro atoms. The van der Waals surface area contributed by atoms with Gasteiger partial charge in [0.25, 0.3) is 0 Å². The van der Waals surface area contributed by atoms with Crippen LogP contribution in [0.5, 0.6) is 0 Å². The van der Waals surface area contributed by atoms with E-state index in [0.717, 1.165) is 0 Å². The molecule has 0 fully saturated rings. The van der Waals surface area contributed by atoms with Gasteiger partial charge in [-0.1, -0.05) is 0 Å². The largest absolute Gasteiger partial charge is 0.550 e. The summed E-state index contributed by atoms with van der Waals surface area (Å²) in [5, 5.41) is 9.99. The van der Waals surface area contributed by atoms with Gasteiger partial charge in [-0.25, -0.2) is 0 Å². The maximum absolute atomic E-state index is 9.99. The average Bonchev–Trinajstić information content (AvgIpc) is 1.88. The normalized spacial score (nSPS) is 9.20. The van der Waals surface area contributed by atoms with E-state index in [1.54, 1.807) is 0 Å². The van der Waals surface area contributed by atoms with Gasteiger partial charge in [0.1, 0.15) is 0 Å². The van der Waals surface area contributed by atoms with Crippen LogP contribution in [-0.4, -0.2) is 15.9 Å². The van der Waals surface area contributed by atoms with Crippen LogP contribution in [-0.2, 0) is 11.2 Å². The number of aromatic nitrogens is 2. The Balaban J connectivity index is 2.67. The lowest BCUT2D eigenvalue weighted by atomic mass is 10.3. The Kier molecular flexibility index (Phi) is 1.94. The molecule has 0 aliphatic heterocycles. The third-order valence-electron chi connectivity index (χ3n) is 0.942. The number of carboxylic acid groups (broad SMARTS) is 1. The van der Waals surface area contributed by atoms with Crippen molar-refractivity contribution in [3.8, 4) is 0 Å². The lowest BCUT2D eigenvalue weighted by Gasteiger charge is -1.98. The number of carbonyl (C=O) groups is 1. The van der Waals surface area contributed by atoms with Crippen molar-refractivity contribution in [1.29, 1.82) is 0 Å². The van der Waals surface area contributed by atoms with Gasteiger partial charge in [0.2, 0.25) is 0 Å². The van der Waals surface area contributed by atoms with Gasteiger partial charge in [0.05, 0.1) is 5.69 Å². The summed E-state index contributed by atoms with van der Waals surface area (Å²) in [6, 6.07) is 0. The molecule has 0 saturated heterocycles. The Hall–Kier alpha value is -1.45. The average molecular weight is 137 g/mol. The lowest BCUT2D eigenvalue weighted by Crippen LogP contribution is -2.24. The highest BCUT2D eigenvalue weighted by Gasteiger charge is 1.91. The van der Waals surface area contributed by atoms with Crippen molar-refractivity contribution >= 4 is 5.97 Å². The van der Waals surface area contributed by atoms with Crippen molar-refractivity contribution in [1.82, 2.24) is 9.97 Å². The quantitative estimate of drug-likeness (QED) is 0.511. The fraction of sp³-hybridized carbons (Fsp3) is 0.167. The zero-order valence-electron chi connectivity index (χ0n) is 5.15. The number of carbonyl (C=O) groups excluding carboxylic acids is 1. The van der Waals surface area contributed by atoms with Crippen molar-refractivity contribution in [3.05, 3.63) is 24.3 Å². The Morgan fingerprint density at radius 1 is 1.60 bits per heavy atom. The summed E-state index contributed by atoms with van der Waals surface area (Å²) in [5.74, 6) is -1.14. The molecule has 0 aromatic carbocycles. The lowest BCUT2D eigenvalue weighted by molar-refractivity contribution is -0.304. The molecule has 0 bridgehead atoms. The second-order valence-corrected chi connectivity index (χ2v) is 1.75. The Bertz CT molecular complexity index is 222. The van der Waals surface area contributed by atoms with Crippen LogP contribution in [0.25, 0.3) is 0 Å². The van der Waals surface area contributed by atoms with Gasteiger partial charge in [-0.05, 0) is 0 Å². The first-order valence-corrected chi connectivity index (χ1v) is 2.74. The van der Waals surface area contributed by atoms with Crippen LogP contribution in [0.2, 0.25) is 0 Å². The van der Waals surface area contributed by atoms with Crippen molar-refractivity contribution in [2.24, 2.45) is 0 Å². The molecular formula is C6H5N2O2-. The van der Waals surface area contributed by atoms with Crippen LogP contribution in [0.1, 0.15) is 5.69 Å². The first kappa shape index (κ1) is 6.67. The highest BCUT2D eigenvalue weighted by atomic mass is 16.4. The molecule has 4 heteroatoms.